The highest BCUT2D eigenvalue weighted by Gasteiger charge is 2.25. The predicted octanol–water partition coefficient (Wildman–Crippen LogP) is 1.57. The van der Waals surface area contributed by atoms with Gasteiger partial charge in [-0.15, -0.1) is 0 Å². The number of nitrogens with zero attached hydrogens (tertiary/aromatic N) is 3. The number of anilines is 1. The van der Waals surface area contributed by atoms with Gasteiger partial charge in [0.1, 0.15) is 5.69 Å². The lowest BCUT2D eigenvalue weighted by molar-refractivity contribution is -0.125. The summed E-state index contributed by atoms with van der Waals surface area (Å²) in [7, 11) is 3.92. The maximum atomic E-state index is 12.2. The summed E-state index contributed by atoms with van der Waals surface area (Å²) < 4.78 is 0. The summed E-state index contributed by atoms with van der Waals surface area (Å²) in [4.78, 5) is 35.0. The first-order chi connectivity index (χ1) is 13.0. The van der Waals surface area contributed by atoms with Gasteiger partial charge in [-0.3, -0.25) is 14.6 Å². The van der Waals surface area contributed by atoms with Crippen LogP contribution in [-0.4, -0.2) is 65.4 Å². The number of amides is 1. The molecule has 2 aromatic rings. The van der Waals surface area contributed by atoms with Crippen molar-refractivity contribution in [2.24, 2.45) is 0 Å². The molecule has 2 N–H and O–H groups in total. The first-order valence-electron chi connectivity index (χ1n) is 9.03. The second kappa shape index (κ2) is 8.64. The molecule has 142 valence electrons. The Hall–Kier alpha value is -2.93. The molecule has 3 heterocycles. The molecule has 3 rings (SSSR count). The third-order valence-corrected chi connectivity index (χ3v) is 4.51. The zero-order valence-corrected chi connectivity index (χ0v) is 15.7. The molecule has 0 saturated carbocycles. The molecule has 0 radical (unpaired) electrons. The van der Waals surface area contributed by atoms with E-state index in [4.69, 9.17) is 0 Å². The monoisotopic (exact) mass is 367 g/mol. The normalized spacial score (nSPS) is 17.0. The van der Waals surface area contributed by atoms with Crippen LogP contribution in [0.25, 0.3) is 11.1 Å². The van der Waals surface area contributed by atoms with E-state index in [1.54, 1.807) is 24.7 Å². The fourth-order valence-electron chi connectivity index (χ4n) is 3.07. The van der Waals surface area contributed by atoms with E-state index in [0.29, 0.717) is 18.8 Å². The zero-order valence-electron chi connectivity index (χ0n) is 15.7. The quantitative estimate of drug-likeness (QED) is 0.758. The summed E-state index contributed by atoms with van der Waals surface area (Å²) in [5.74, 6) is 0.0144. The van der Waals surface area contributed by atoms with Gasteiger partial charge in [-0.2, -0.15) is 0 Å². The molecular weight excluding hydrogens is 342 g/mol. The lowest BCUT2D eigenvalue weighted by Crippen LogP contribution is -2.31. The zero-order chi connectivity index (χ0) is 19.2. The van der Waals surface area contributed by atoms with E-state index in [0.717, 1.165) is 24.1 Å². The largest absolute Gasteiger partial charge is 0.376 e. The Balaban J connectivity index is 1.64. The fourth-order valence-corrected chi connectivity index (χ4v) is 3.07. The van der Waals surface area contributed by atoms with Gasteiger partial charge < -0.3 is 20.1 Å². The number of likely N-dealkylation sites (N-methyl/N-ethyl adjacent to an activating group) is 1. The van der Waals surface area contributed by atoms with E-state index in [9.17, 15) is 9.59 Å². The van der Waals surface area contributed by atoms with Crippen molar-refractivity contribution in [3.63, 3.8) is 0 Å². The topological polar surface area (TPSA) is 81.3 Å². The first-order valence-corrected chi connectivity index (χ1v) is 9.03. The van der Waals surface area contributed by atoms with Crippen LogP contribution < -0.4 is 10.9 Å². The molecule has 1 fully saturated rings. The van der Waals surface area contributed by atoms with Gasteiger partial charge in [0.2, 0.25) is 5.91 Å². The summed E-state index contributed by atoms with van der Waals surface area (Å²) in [5.41, 5.74) is 2.26. The third-order valence-electron chi connectivity index (χ3n) is 4.51. The number of rotatable bonds is 6. The summed E-state index contributed by atoms with van der Waals surface area (Å²) in [5, 5.41) is 3.29. The average molecular weight is 367 g/mol. The van der Waals surface area contributed by atoms with Crippen LogP contribution in [0, 0.1) is 0 Å². The first kappa shape index (κ1) is 18.8. The summed E-state index contributed by atoms with van der Waals surface area (Å²) >= 11 is 0. The standard InChI is InChI=1S/C20H25N5O2/c1-24(2)10-3-4-19(26)25-11-7-17(14-25)23-18-12-16(13-22-20(18)27)15-5-8-21-9-6-15/h3-6,8-9,12-13,17,23H,7,10-11,14H2,1-2H3,(H,22,27)/b4-3+/t17-/m0/s1. The van der Waals surface area contributed by atoms with Crippen LogP contribution in [0.3, 0.4) is 0 Å². The summed E-state index contributed by atoms with van der Waals surface area (Å²) in [6, 6.07) is 5.70. The smallest absolute Gasteiger partial charge is 0.271 e. The van der Waals surface area contributed by atoms with E-state index < -0.39 is 0 Å². The maximum absolute atomic E-state index is 12.2. The highest BCUT2D eigenvalue weighted by Crippen LogP contribution is 2.20. The number of H-pyrrole nitrogens is 1. The lowest BCUT2D eigenvalue weighted by Gasteiger charge is -2.16. The summed E-state index contributed by atoms with van der Waals surface area (Å²) in [6.45, 7) is 2.01. The van der Waals surface area contributed by atoms with E-state index >= 15 is 0 Å². The van der Waals surface area contributed by atoms with Gasteiger partial charge >= 0.3 is 0 Å². The van der Waals surface area contributed by atoms with Gasteiger partial charge in [-0.05, 0) is 44.3 Å². The Kier molecular flexibility index (Phi) is 6.03. The van der Waals surface area contributed by atoms with Gasteiger partial charge in [-0.25, -0.2) is 0 Å². The van der Waals surface area contributed by atoms with Gasteiger partial charge in [-0.1, -0.05) is 6.08 Å². The van der Waals surface area contributed by atoms with Crippen molar-refractivity contribution < 1.29 is 4.79 Å². The summed E-state index contributed by atoms with van der Waals surface area (Å²) in [6.07, 6.45) is 9.44. The molecule has 1 aliphatic rings. The van der Waals surface area contributed by atoms with Crippen LogP contribution in [0.15, 0.2) is 53.7 Å². The van der Waals surface area contributed by atoms with Crippen LogP contribution in [-0.2, 0) is 4.79 Å². The molecule has 1 amide bonds. The Morgan fingerprint density at radius 1 is 1.37 bits per heavy atom. The molecule has 7 heteroatoms. The number of carbonyl (C=O) groups excluding carboxylic acids is 1. The Morgan fingerprint density at radius 3 is 2.89 bits per heavy atom. The van der Waals surface area contributed by atoms with Crippen molar-refractivity contribution in [3.8, 4) is 11.1 Å². The van der Waals surface area contributed by atoms with E-state index in [1.807, 2.05) is 48.2 Å². The van der Waals surface area contributed by atoms with E-state index in [2.05, 4.69) is 15.3 Å². The minimum atomic E-state index is -0.163. The highest BCUT2D eigenvalue weighted by atomic mass is 16.2. The molecule has 7 nitrogen and oxygen atoms in total. The second-order valence-corrected chi connectivity index (χ2v) is 6.95. The molecule has 0 spiro atoms. The van der Waals surface area contributed by atoms with Crippen molar-refractivity contribution in [2.45, 2.75) is 12.5 Å². The number of nitrogens with one attached hydrogen (secondary N) is 2. The number of aromatic amines is 1. The van der Waals surface area contributed by atoms with Crippen LogP contribution >= 0.6 is 0 Å². The van der Waals surface area contributed by atoms with Crippen LogP contribution in [0.1, 0.15) is 6.42 Å². The number of carbonyl (C=O) groups is 1. The maximum Gasteiger partial charge on any atom is 0.271 e. The molecule has 0 aromatic carbocycles. The van der Waals surface area contributed by atoms with Crippen molar-refractivity contribution in [1.29, 1.82) is 0 Å². The highest BCUT2D eigenvalue weighted by molar-refractivity contribution is 5.87. The minimum Gasteiger partial charge on any atom is -0.376 e. The Morgan fingerprint density at radius 2 is 2.15 bits per heavy atom. The molecule has 0 unspecified atom stereocenters. The molecule has 1 atom stereocenters. The third kappa shape index (κ3) is 5.04. The van der Waals surface area contributed by atoms with Crippen LogP contribution in [0.4, 0.5) is 5.69 Å². The SMILES string of the molecule is CN(C)C/C=C/C(=O)N1CC[C@H](Nc2cc(-c3ccncc3)c[nH]c2=O)C1. The number of hydrogen-bond donors (Lipinski definition) is 2. The van der Waals surface area contributed by atoms with Gasteiger partial charge in [0.25, 0.3) is 5.56 Å². The molecule has 1 saturated heterocycles. The van der Waals surface area contributed by atoms with Crippen molar-refractivity contribution >= 4 is 11.6 Å². The van der Waals surface area contributed by atoms with Gasteiger partial charge in [0.05, 0.1) is 0 Å². The van der Waals surface area contributed by atoms with Gasteiger partial charge in [0, 0.05) is 55.9 Å². The lowest BCUT2D eigenvalue weighted by atomic mass is 10.1. The number of aromatic nitrogens is 2. The van der Waals surface area contributed by atoms with Crippen LogP contribution in [0.5, 0.6) is 0 Å². The van der Waals surface area contributed by atoms with Crippen molar-refractivity contribution in [3.05, 3.63) is 59.3 Å². The average Bonchev–Trinajstić information content (AvgIpc) is 3.12. The fraction of sp³-hybridized carbons (Fsp3) is 0.350. The molecule has 2 aromatic heterocycles. The Labute approximate surface area is 158 Å². The molecule has 0 bridgehead atoms. The minimum absolute atomic E-state index is 0.0144. The second-order valence-electron chi connectivity index (χ2n) is 6.95. The Bertz CT molecular complexity index is 860. The number of pyridine rings is 2. The van der Waals surface area contributed by atoms with Gasteiger partial charge in [0.15, 0.2) is 0 Å². The molecule has 27 heavy (non-hydrogen) atoms. The van der Waals surface area contributed by atoms with Crippen molar-refractivity contribution in [1.82, 2.24) is 19.8 Å². The molecule has 0 aliphatic carbocycles. The molecule has 1 aliphatic heterocycles. The van der Waals surface area contributed by atoms with Crippen molar-refractivity contribution in [2.75, 3.05) is 39.0 Å². The number of hydrogen-bond acceptors (Lipinski definition) is 5. The molecular formula is C20H25N5O2. The predicted molar refractivity (Wildman–Crippen MR) is 107 cm³/mol. The number of likely N-dealkylation sites (tertiary alicyclic amines) is 1. The van der Waals surface area contributed by atoms with E-state index in [-0.39, 0.29) is 17.5 Å². The van der Waals surface area contributed by atoms with Crippen LogP contribution in [0.2, 0.25) is 0 Å². The van der Waals surface area contributed by atoms with E-state index in [1.165, 1.54) is 0 Å².